The maximum Gasteiger partial charge on any atom is 0.0997 e. The molecule has 0 amide bonds. The molecule has 88 valence electrons. The fourth-order valence-electron chi connectivity index (χ4n) is 2.38. The molecule has 1 aliphatic rings. The molecule has 0 aromatic carbocycles. The Labute approximate surface area is 105 Å². The normalized spacial score (nSPS) is 14.6. The molecule has 0 N–H and O–H groups in total. The first-order valence-electron chi connectivity index (χ1n) is 5.95. The number of alkyl halides is 1. The average molecular weight is 248 g/mol. The first-order valence-corrected chi connectivity index (χ1v) is 6.48. The zero-order valence-corrected chi connectivity index (χ0v) is 10.3. The molecule has 0 fully saturated rings. The van der Waals surface area contributed by atoms with Gasteiger partial charge in [-0.2, -0.15) is 0 Å². The Bertz CT molecular complexity index is 533. The Balaban J connectivity index is 2.05. The lowest BCUT2D eigenvalue weighted by Gasteiger charge is -2.14. The third-order valence-electron chi connectivity index (χ3n) is 3.25. The van der Waals surface area contributed by atoms with E-state index in [-0.39, 0.29) is 0 Å². The molecule has 0 saturated carbocycles. The van der Waals surface area contributed by atoms with Crippen molar-refractivity contribution >= 4 is 11.6 Å². The van der Waals surface area contributed by atoms with Crippen LogP contribution in [0.4, 0.5) is 0 Å². The number of pyridine rings is 1. The van der Waals surface area contributed by atoms with Crippen molar-refractivity contribution in [3.8, 4) is 5.69 Å². The summed E-state index contributed by atoms with van der Waals surface area (Å²) in [6, 6.07) is 4.04. The van der Waals surface area contributed by atoms with Crippen molar-refractivity contribution < 1.29 is 0 Å². The number of rotatable bonds is 2. The molecule has 4 heteroatoms. The summed E-state index contributed by atoms with van der Waals surface area (Å²) in [6.45, 7) is 0. The summed E-state index contributed by atoms with van der Waals surface area (Å²) in [4.78, 5) is 8.71. The van der Waals surface area contributed by atoms with Crippen molar-refractivity contribution in [2.45, 2.75) is 31.6 Å². The summed E-state index contributed by atoms with van der Waals surface area (Å²) in [7, 11) is 0. The van der Waals surface area contributed by atoms with Crippen LogP contribution in [0, 0.1) is 0 Å². The molecule has 0 unspecified atom stereocenters. The van der Waals surface area contributed by atoms with Gasteiger partial charge in [0.2, 0.25) is 0 Å². The number of aryl methyl sites for hydroxylation is 1. The molecule has 2 aromatic heterocycles. The lowest BCUT2D eigenvalue weighted by Crippen LogP contribution is -2.07. The van der Waals surface area contributed by atoms with Gasteiger partial charge < -0.3 is 4.57 Å². The molecule has 2 aromatic rings. The molecule has 0 radical (unpaired) electrons. The summed E-state index contributed by atoms with van der Waals surface area (Å²) in [6.07, 6.45) is 8.47. The van der Waals surface area contributed by atoms with E-state index in [1.807, 2.05) is 24.7 Å². The van der Waals surface area contributed by atoms with Crippen LogP contribution >= 0.6 is 11.6 Å². The van der Waals surface area contributed by atoms with Gasteiger partial charge in [-0.3, -0.25) is 4.98 Å². The molecular weight excluding hydrogens is 234 g/mol. The van der Waals surface area contributed by atoms with Crippen LogP contribution in [0.15, 0.2) is 24.7 Å². The average Bonchev–Trinajstić information content (AvgIpc) is 2.82. The number of aromatic nitrogens is 3. The van der Waals surface area contributed by atoms with Crippen LogP contribution in [0.3, 0.4) is 0 Å². The molecule has 3 rings (SSSR count). The van der Waals surface area contributed by atoms with E-state index in [0.29, 0.717) is 5.88 Å². The minimum Gasteiger partial charge on any atom is -0.303 e. The van der Waals surface area contributed by atoms with Crippen LogP contribution in [0.2, 0.25) is 0 Å². The molecule has 2 heterocycles. The third-order valence-corrected chi connectivity index (χ3v) is 3.52. The molecule has 0 atom stereocenters. The highest BCUT2D eigenvalue weighted by atomic mass is 35.5. The first kappa shape index (κ1) is 10.8. The zero-order valence-electron chi connectivity index (χ0n) is 9.56. The SMILES string of the molecule is ClCc1cc(-n2cnc3c2CCCC3)ccn1. The number of hydrogen-bond acceptors (Lipinski definition) is 2. The summed E-state index contributed by atoms with van der Waals surface area (Å²) in [5.41, 5.74) is 4.62. The molecule has 1 aliphatic carbocycles. The second-order valence-corrected chi connectivity index (χ2v) is 4.62. The van der Waals surface area contributed by atoms with Crippen LogP contribution in [0.5, 0.6) is 0 Å². The van der Waals surface area contributed by atoms with E-state index < -0.39 is 0 Å². The van der Waals surface area contributed by atoms with E-state index in [2.05, 4.69) is 14.5 Å². The fourth-order valence-corrected chi connectivity index (χ4v) is 2.53. The Morgan fingerprint density at radius 1 is 1.24 bits per heavy atom. The zero-order chi connectivity index (χ0) is 11.7. The number of nitrogens with zero attached hydrogens (tertiary/aromatic N) is 3. The van der Waals surface area contributed by atoms with Gasteiger partial charge in [0.15, 0.2) is 0 Å². The topological polar surface area (TPSA) is 30.7 Å². The van der Waals surface area contributed by atoms with Crippen LogP contribution in [-0.4, -0.2) is 14.5 Å². The van der Waals surface area contributed by atoms with E-state index in [9.17, 15) is 0 Å². The van der Waals surface area contributed by atoms with E-state index in [1.54, 1.807) is 0 Å². The minimum atomic E-state index is 0.449. The number of fused-ring (bicyclic) bond motifs is 1. The van der Waals surface area contributed by atoms with Crippen molar-refractivity contribution in [1.29, 1.82) is 0 Å². The maximum atomic E-state index is 5.82. The van der Waals surface area contributed by atoms with Gasteiger partial charge in [-0.15, -0.1) is 11.6 Å². The summed E-state index contributed by atoms with van der Waals surface area (Å²) in [5, 5.41) is 0. The monoisotopic (exact) mass is 247 g/mol. The highest BCUT2D eigenvalue weighted by molar-refractivity contribution is 6.16. The third kappa shape index (κ3) is 1.95. The maximum absolute atomic E-state index is 5.82. The lowest BCUT2D eigenvalue weighted by atomic mass is 10.0. The predicted molar refractivity (Wildman–Crippen MR) is 67.6 cm³/mol. The van der Waals surface area contributed by atoms with Crippen molar-refractivity contribution in [2.24, 2.45) is 0 Å². The van der Waals surface area contributed by atoms with Gasteiger partial charge in [0.1, 0.15) is 0 Å². The van der Waals surface area contributed by atoms with Gasteiger partial charge >= 0.3 is 0 Å². The molecule has 0 bridgehead atoms. The lowest BCUT2D eigenvalue weighted by molar-refractivity contribution is 0.656. The fraction of sp³-hybridized carbons (Fsp3) is 0.385. The van der Waals surface area contributed by atoms with E-state index in [1.165, 1.54) is 24.2 Å². The highest BCUT2D eigenvalue weighted by Crippen LogP contribution is 2.23. The van der Waals surface area contributed by atoms with Crippen molar-refractivity contribution in [3.05, 3.63) is 41.7 Å². The molecular formula is C13H14ClN3. The van der Waals surface area contributed by atoms with E-state index in [4.69, 9.17) is 11.6 Å². The van der Waals surface area contributed by atoms with Crippen molar-refractivity contribution in [3.63, 3.8) is 0 Å². The Hall–Kier alpha value is -1.35. The van der Waals surface area contributed by atoms with Gasteiger partial charge in [0.25, 0.3) is 0 Å². The first-order chi connectivity index (χ1) is 8.38. The quantitative estimate of drug-likeness (QED) is 0.764. The van der Waals surface area contributed by atoms with E-state index in [0.717, 1.165) is 24.2 Å². The van der Waals surface area contributed by atoms with Gasteiger partial charge in [0, 0.05) is 11.9 Å². The van der Waals surface area contributed by atoms with Gasteiger partial charge in [-0.25, -0.2) is 4.98 Å². The van der Waals surface area contributed by atoms with Gasteiger partial charge in [0.05, 0.1) is 29.3 Å². The second-order valence-electron chi connectivity index (χ2n) is 4.35. The summed E-state index contributed by atoms with van der Waals surface area (Å²) >= 11 is 5.82. The summed E-state index contributed by atoms with van der Waals surface area (Å²) < 4.78 is 2.17. The van der Waals surface area contributed by atoms with Crippen LogP contribution < -0.4 is 0 Å². The van der Waals surface area contributed by atoms with Crippen LogP contribution in [-0.2, 0) is 18.7 Å². The van der Waals surface area contributed by atoms with Crippen molar-refractivity contribution in [1.82, 2.24) is 14.5 Å². The number of imidazole rings is 1. The largest absolute Gasteiger partial charge is 0.303 e. The van der Waals surface area contributed by atoms with Crippen molar-refractivity contribution in [2.75, 3.05) is 0 Å². The molecule has 0 spiro atoms. The Morgan fingerprint density at radius 2 is 2.12 bits per heavy atom. The second kappa shape index (κ2) is 4.49. The van der Waals surface area contributed by atoms with Crippen LogP contribution in [0.1, 0.15) is 29.9 Å². The standard InChI is InChI=1S/C13H14ClN3/c14-8-10-7-11(5-6-15-10)17-9-16-12-3-1-2-4-13(12)17/h5-7,9H,1-4,8H2. The number of halogens is 1. The highest BCUT2D eigenvalue weighted by Gasteiger charge is 2.15. The molecule has 3 nitrogen and oxygen atoms in total. The Kier molecular flexibility index (Phi) is 2.85. The van der Waals surface area contributed by atoms with Gasteiger partial charge in [-0.05, 0) is 37.8 Å². The smallest absolute Gasteiger partial charge is 0.0997 e. The predicted octanol–water partition coefficient (Wildman–Crippen LogP) is 2.88. The number of hydrogen-bond donors (Lipinski definition) is 0. The molecule has 17 heavy (non-hydrogen) atoms. The van der Waals surface area contributed by atoms with E-state index >= 15 is 0 Å². The van der Waals surface area contributed by atoms with Gasteiger partial charge in [-0.1, -0.05) is 0 Å². The van der Waals surface area contributed by atoms with Crippen LogP contribution in [0.25, 0.3) is 5.69 Å². The Morgan fingerprint density at radius 3 is 3.00 bits per heavy atom. The molecule has 0 aliphatic heterocycles. The minimum absolute atomic E-state index is 0.449. The molecule has 0 saturated heterocycles. The summed E-state index contributed by atoms with van der Waals surface area (Å²) in [5.74, 6) is 0.449.